The van der Waals surface area contributed by atoms with Crippen molar-refractivity contribution in [3.63, 3.8) is 0 Å². The lowest BCUT2D eigenvalue weighted by molar-refractivity contribution is -0.127. The first-order valence-corrected chi connectivity index (χ1v) is 11.6. The molecule has 0 fully saturated rings. The van der Waals surface area contributed by atoms with Gasteiger partial charge in [0.1, 0.15) is 12.4 Å². The summed E-state index contributed by atoms with van der Waals surface area (Å²) >= 11 is 0. The molecule has 33 heavy (non-hydrogen) atoms. The average Bonchev–Trinajstić information content (AvgIpc) is 2.76. The Kier molecular flexibility index (Phi) is 7.17. The van der Waals surface area contributed by atoms with Gasteiger partial charge in [0.05, 0.1) is 11.5 Å². The first-order chi connectivity index (χ1) is 15.6. The number of anilines is 1. The minimum absolute atomic E-state index is 0.127. The fraction of sp³-hybridized carbons (Fsp3) is 0.481. The Bertz CT molecular complexity index is 998. The third-order valence-corrected chi connectivity index (χ3v) is 7.13. The van der Waals surface area contributed by atoms with Gasteiger partial charge in [0.2, 0.25) is 11.8 Å². The van der Waals surface area contributed by atoms with Gasteiger partial charge in [0.25, 0.3) is 0 Å². The van der Waals surface area contributed by atoms with Crippen LogP contribution in [-0.4, -0.2) is 48.5 Å². The maximum absolute atomic E-state index is 12.9. The van der Waals surface area contributed by atoms with E-state index in [1.165, 1.54) is 6.92 Å². The van der Waals surface area contributed by atoms with E-state index in [0.717, 1.165) is 42.2 Å². The molecule has 6 nitrogen and oxygen atoms in total. The molecule has 2 N–H and O–H groups in total. The van der Waals surface area contributed by atoms with Crippen LogP contribution in [0.3, 0.4) is 0 Å². The summed E-state index contributed by atoms with van der Waals surface area (Å²) in [5.41, 5.74) is 7.03. The molecule has 0 saturated heterocycles. The van der Waals surface area contributed by atoms with Gasteiger partial charge in [-0.25, -0.2) is 0 Å². The fourth-order valence-corrected chi connectivity index (χ4v) is 5.59. The second-order valence-electron chi connectivity index (χ2n) is 9.39. The molecule has 177 valence electrons. The summed E-state index contributed by atoms with van der Waals surface area (Å²) in [5.74, 6) is -0.433. The Labute approximate surface area is 197 Å². The molecule has 1 heterocycles. The van der Waals surface area contributed by atoms with Crippen molar-refractivity contribution in [1.29, 1.82) is 0 Å². The highest BCUT2D eigenvalue weighted by molar-refractivity contribution is 5.98. The van der Waals surface area contributed by atoms with Crippen LogP contribution in [0.25, 0.3) is 0 Å². The van der Waals surface area contributed by atoms with Gasteiger partial charge in [0, 0.05) is 24.6 Å². The summed E-state index contributed by atoms with van der Waals surface area (Å²) in [5, 5.41) is 0. The summed E-state index contributed by atoms with van der Waals surface area (Å²) in [6.45, 7) is 15.1. The SMILES string of the molecule is CCN(CC)CCOc1ccc(C2(C)c3c[c]ccc3N(C(C)=O)C(C)(C)C2C(N)=O)cc1. The molecular formula is C27H36N3O3. The quantitative estimate of drug-likeness (QED) is 0.664. The van der Waals surface area contributed by atoms with Crippen molar-refractivity contribution in [2.24, 2.45) is 11.7 Å². The van der Waals surface area contributed by atoms with Crippen molar-refractivity contribution in [3.05, 3.63) is 59.7 Å². The fourth-order valence-electron chi connectivity index (χ4n) is 5.59. The zero-order chi connectivity index (χ0) is 24.4. The van der Waals surface area contributed by atoms with Gasteiger partial charge in [-0.15, -0.1) is 0 Å². The minimum atomic E-state index is -0.820. The number of hydrogen-bond donors (Lipinski definition) is 1. The van der Waals surface area contributed by atoms with Gasteiger partial charge in [-0.3, -0.25) is 9.59 Å². The number of hydrogen-bond acceptors (Lipinski definition) is 4. The van der Waals surface area contributed by atoms with E-state index < -0.39 is 22.8 Å². The van der Waals surface area contributed by atoms with Crippen LogP contribution in [0, 0.1) is 12.0 Å². The number of likely N-dealkylation sites (N-methyl/N-ethyl adjacent to an activating group) is 1. The number of nitrogens with two attached hydrogens (primary N) is 1. The van der Waals surface area contributed by atoms with Gasteiger partial charge in [-0.2, -0.15) is 0 Å². The molecule has 0 aliphatic carbocycles. The topological polar surface area (TPSA) is 75.9 Å². The minimum Gasteiger partial charge on any atom is -0.492 e. The van der Waals surface area contributed by atoms with E-state index in [0.29, 0.717) is 6.61 Å². The summed E-state index contributed by atoms with van der Waals surface area (Å²) in [7, 11) is 0. The van der Waals surface area contributed by atoms with Crippen molar-refractivity contribution >= 4 is 17.5 Å². The zero-order valence-corrected chi connectivity index (χ0v) is 20.6. The number of primary amides is 1. The number of benzene rings is 2. The number of rotatable bonds is 8. The number of amides is 2. The van der Waals surface area contributed by atoms with Crippen molar-refractivity contribution < 1.29 is 14.3 Å². The number of nitrogens with zero attached hydrogens (tertiary/aromatic N) is 2. The lowest BCUT2D eigenvalue weighted by atomic mass is 9.57. The van der Waals surface area contributed by atoms with Gasteiger partial charge in [-0.1, -0.05) is 39.0 Å². The molecule has 0 saturated carbocycles. The summed E-state index contributed by atoms with van der Waals surface area (Å²) in [6.07, 6.45) is 0. The number of carbonyl (C=O) groups excluding carboxylic acids is 2. The smallest absolute Gasteiger partial charge is 0.224 e. The lowest BCUT2D eigenvalue weighted by Gasteiger charge is -2.55. The van der Waals surface area contributed by atoms with Crippen molar-refractivity contribution in [3.8, 4) is 5.75 Å². The number of ether oxygens (including phenoxy) is 1. The normalized spacial score (nSPS) is 21.5. The van der Waals surface area contributed by atoms with E-state index >= 15 is 0 Å². The molecule has 2 aromatic carbocycles. The number of fused-ring (bicyclic) bond motifs is 1. The molecule has 2 amide bonds. The highest BCUT2D eigenvalue weighted by Gasteiger charge is 2.57. The third-order valence-electron chi connectivity index (χ3n) is 7.13. The van der Waals surface area contributed by atoms with Crippen LogP contribution in [0.4, 0.5) is 5.69 Å². The standard InChI is InChI=1S/C27H36N3O3/c1-7-29(8-2)17-18-33-21-15-13-20(14-16-21)27(6)22-11-9-10-12-23(22)30(19(3)31)26(4,5)24(27)25(28)32/h10-16,24H,7-8,17-18H2,1-6H3,(H2,28,32). The molecule has 0 aromatic heterocycles. The first-order valence-electron chi connectivity index (χ1n) is 11.6. The Morgan fingerprint density at radius 3 is 2.30 bits per heavy atom. The first kappa shape index (κ1) is 24.8. The molecule has 6 heteroatoms. The molecular weight excluding hydrogens is 414 g/mol. The van der Waals surface area contributed by atoms with Crippen molar-refractivity contribution in [2.45, 2.75) is 52.5 Å². The molecule has 1 radical (unpaired) electrons. The predicted molar refractivity (Wildman–Crippen MR) is 131 cm³/mol. The molecule has 2 atom stereocenters. The lowest BCUT2D eigenvalue weighted by Crippen LogP contribution is -2.65. The van der Waals surface area contributed by atoms with E-state index in [2.05, 4.69) is 24.8 Å². The molecule has 1 aliphatic heterocycles. The highest BCUT2D eigenvalue weighted by atomic mass is 16.5. The van der Waals surface area contributed by atoms with Crippen LogP contribution in [0.15, 0.2) is 42.5 Å². The van der Waals surface area contributed by atoms with Gasteiger partial charge >= 0.3 is 0 Å². The monoisotopic (exact) mass is 450 g/mol. The molecule has 0 spiro atoms. The van der Waals surface area contributed by atoms with Crippen molar-refractivity contribution in [2.75, 3.05) is 31.1 Å². The van der Waals surface area contributed by atoms with Crippen LogP contribution in [-0.2, 0) is 15.0 Å². The molecule has 1 aliphatic rings. The largest absolute Gasteiger partial charge is 0.492 e. The number of carbonyl (C=O) groups is 2. The average molecular weight is 451 g/mol. The molecule has 2 unspecified atom stereocenters. The Morgan fingerprint density at radius 2 is 1.76 bits per heavy atom. The van der Waals surface area contributed by atoms with E-state index in [-0.39, 0.29) is 5.91 Å². The van der Waals surface area contributed by atoms with Gasteiger partial charge in [-0.05, 0) is 68.4 Å². The van der Waals surface area contributed by atoms with Gasteiger partial charge < -0.3 is 20.3 Å². The Hall–Kier alpha value is -2.86. The second-order valence-corrected chi connectivity index (χ2v) is 9.39. The van der Waals surface area contributed by atoms with E-state index in [1.54, 1.807) is 11.0 Å². The predicted octanol–water partition coefficient (Wildman–Crippen LogP) is 3.76. The molecule has 2 aromatic rings. The summed E-state index contributed by atoms with van der Waals surface area (Å²) in [6, 6.07) is 16.6. The van der Waals surface area contributed by atoms with Crippen LogP contribution in [0.5, 0.6) is 5.75 Å². The maximum atomic E-state index is 12.9. The van der Waals surface area contributed by atoms with Crippen LogP contribution in [0.1, 0.15) is 52.7 Å². The maximum Gasteiger partial charge on any atom is 0.224 e. The summed E-state index contributed by atoms with van der Waals surface area (Å²) < 4.78 is 5.96. The van der Waals surface area contributed by atoms with Gasteiger partial charge in [0.15, 0.2) is 0 Å². The summed E-state index contributed by atoms with van der Waals surface area (Å²) in [4.78, 5) is 29.6. The van der Waals surface area contributed by atoms with E-state index in [4.69, 9.17) is 10.5 Å². The Morgan fingerprint density at radius 1 is 1.12 bits per heavy atom. The van der Waals surface area contributed by atoms with Crippen LogP contribution < -0.4 is 15.4 Å². The highest BCUT2D eigenvalue weighted by Crippen LogP contribution is 2.54. The van der Waals surface area contributed by atoms with Crippen molar-refractivity contribution in [1.82, 2.24) is 4.90 Å². The second kappa shape index (κ2) is 9.56. The zero-order valence-electron chi connectivity index (χ0n) is 20.6. The van der Waals surface area contributed by atoms with E-state index in [9.17, 15) is 9.59 Å². The van der Waals surface area contributed by atoms with Crippen LogP contribution >= 0.6 is 0 Å². The molecule has 0 bridgehead atoms. The van der Waals surface area contributed by atoms with Crippen LogP contribution in [0.2, 0.25) is 0 Å². The Balaban J connectivity index is 2.03. The van der Waals surface area contributed by atoms with E-state index in [1.807, 2.05) is 57.2 Å². The molecule has 3 rings (SSSR count). The third kappa shape index (κ3) is 4.36.